The summed E-state index contributed by atoms with van der Waals surface area (Å²) in [5.74, 6) is 2.61. The van der Waals surface area contributed by atoms with Crippen molar-refractivity contribution in [3.05, 3.63) is 39.8 Å². The molecule has 7 heteroatoms. The Bertz CT molecular complexity index is 852. The van der Waals surface area contributed by atoms with E-state index >= 15 is 0 Å². The molecule has 1 fully saturated rings. The molecule has 0 bridgehead atoms. The lowest BCUT2D eigenvalue weighted by atomic mass is 9.93. The topological polar surface area (TPSA) is 63.7 Å². The van der Waals surface area contributed by atoms with Gasteiger partial charge in [-0.05, 0) is 49.8 Å². The van der Waals surface area contributed by atoms with Crippen LogP contribution in [-0.4, -0.2) is 43.1 Å². The number of carbonyl (C=O) groups excluding carboxylic acids is 1. The predicted molar refractivity (Wildman–Crippen MR) is 125 cm³/mol. The van der Waals surface area contributed by atoms with Crippen molar-refractivity contribution in [2.45, 2.75) is 58.5 Å². The van der Waals surface area contributed by atoms with Crippen LogP contribution in [0.3, 0.4) is 0 Å². The first-order valence-corrected chi connectivity index (χ1v) is 12.0. The van der Waals surface area contributed by atoms with Crippen molar-refractivity contribution in [1.29, 1.82) is 0 Å². The third-order valence-corrected chi connectivity index (χ3v) is 6.72. The van der Waals surface area contributed by atoms with Crippen molar-refractivity contribution in [3.63, 3.8) is 0 Å². The molecule has 0 radical (unpaired) electrons. The van der Waals surface area contributed by atoms with Crippen LogP contribution < -0.4 is 14.8 Å². The first-order chi connectivity index (χ1) is 15.0. The van der Waals surface area contributed by atoms with Gasteiger partial charge in [0, 0.05) is 36.5 Å². The van der Waals surface area contributed by atoms with Crippen molar-refractivity contribution < 1.29 is 14.3 Å². The second-order valence-electron chi connectivity index (χ2n) is 8.56. The molecule has 3 rings (SSSR count). The average Bonchev–Trinajstić information content (AvgIpc) is 3.25. The molecule has 2 aromatic rings. The minimum atomic E-state index is 0.0940. The molecule has 2 heterocycles. The lowest BCUT2D eigenvalue weighted by Gasteiger charge is -2.32. The van der Waals surface area contributed by atoms with Crippen LogP contribution >= 0.6 is 11.3 Å². The summed E-state index contributed by atoms with van der Waals surface area (Å²) in [5.41, 5.74) is 2.14. The Kier molecular flexibility index (Phi) is 8.72. The van der Waals surface area contributed by atoms with E-state index < -0.39 is 0 Å². The molecular formula is C24H35N3O3S. The number of ether oxygens (including phenoxy) is 2. The summed E-state index contributed by atoms with van der Waals surface area (Å²) in [6, 6.07) is 5.65. The number of aromatic nitrogens is 1. The molecule has 1 aromatic carbocycles. The van der Waals surface area contributed by atoms with Crippen molar-refractivity contribution >= 4 is 17.2 Å². The number of carbonyl (C=O) groups is 1. The largest absolute Gasteiger partial charge is 0.497 e. The molecule has 0 unspecified atom stereocenters. The fourth-order valence-corrected chi connectivity index (χ4v) is 5.00. The second kappa shape index (κ2) is 11.5. The van der Waals surface area contributed by atoms with E-state index in [0.29, 0.717) is 24.8 Å². The average molecular weight is 446 g/mol. The Balaban J connectivity index is 1.42. The Hall–Kier alpha value is -2.12. The summed E-state index contributed by atoms with van der Waals surface area (Å²) >= 11 is 1.77. The van der Waals surface area contributed by atoms with Crippen molar-refractivity contribution in [1.82, 2.24) is 15.2 Å². The molecule has 6 nitrogen and oxygen atoms in total. The second-order valence-corrected chi connectivity index (χ2v) is 9.50. The zero-order chi connectivity index (χ0) is 22.2. The summed E-state index contributed by atoms with van der Waals surface area (Å²) in [5, 5.41) is 6.42. The lowest BCUT2D eigenvalue weighted by molar-refractivity contribution is -0.121. The predicted octanol–water partition coefficient (Wildman–Crippen LogP) is 4.59. The number of piperidine rings is 1. The lowest BCUT2D eigenvalue weighted by Crippen LogP contribution is -2.35. The number of methoxy groups -OCH3 is 2. The standard InChI is InChI=1S/C24H35N3O3S/c1-17(2)21-16-31-24(26-21)15-27-11-5-6-18(14-27)7-10-23(28)25-13-19-8-9-20(29-3)12-22(19)30-4/h8-9,12,16-18H,5-7,10-11,13-15H2,1-4H3,(H,25,28)/t18-/m1/s1. The third-order valence-electron chi connectivity index (χ3n) is 5.87. The number of hydrogen-bond acceptors (Lipinski definition) is 6. The van der Waals surface area contributed by atoms with Crippen LogP contribution in [0.5, 0.6) is 11.5 Å². The smallest absolute Gasteiger partial charge is 0.220 e. The summed E-state index contributed by atoms with van der Waals surface area (Å²) < 4.78 is 10.6. The van der Waals surface area contributed by atoms with E-state index in [2.05, 4.69) is 29.4 Å². The van der Waals surface area contributed by atoms with Gasteiger partial charge in [0.1, 0.15) is 16.5 Å². The van der Waals surface area contributed by atoms with Crippen molar-refractivity contribution in [2.75, 3.05) is 27.3 Å². The van der Waals surface area contributed by atoms with Gasteiger partial charge in [0.2, 0.25) is 5.91 Å². The van der Waals surface area contributed by atoms with Crippen LogP contribution in [0, 0.1) is 5.92 Å². The summed E-state index contributed by atoms with van der Waals surface area (Å²) in [4.78, 5) is 19.7. The maximum Gasteiger partial charge on any atom is 0.220 e. The first kappa shape index (κ1) is 23.5. The number of thiazole rings is 1. The Labute approximate surface area is 190 Å². The molecule has 1 atom stereocenters. The highest BCUT2D eigenvalue weighted by Gasteiger charge is 2.22. The SMILES string of the molecule is COc1ccc(CNC(=O)CC[C@H]2CCCN(Cc3nc(C(C)C)cs3)C2)c(OC)c1. The molecule has 1 N–H and O–H groups in total. The van der Waals surface area contributed by atoms with Gasteiger partial charge in [-0.25, -0.2) is 4.98 Å². The Morgan fingerprint density at radius 3 is 2.87 bits per heavy atom. The van der Waals surface area contributed by atoms with Crippen LogP contribution in [-0.2, 0) is 17.9 Å². The van der Waals surface area contributed by atoms with E-state index in [1.807, 2.05) is 18.2 Å². The van der Waals surface area contributed by atoms with Crippen LogP contribution in [0.1, 0.15) is 61.7 Å². The fourth-order valence-electron chi connectivity index (χ4n) is 4.00. The van der Waals surface area contributed by atoms with Crippen LogP contribution in [0.4, 0.5) is 0 Å². The maximum atomic E-state index is 12.4. The Morgan fingerprint density at radius 1 is 1.32 bits per heavy atom. The number of nitrogens with zero attached hydrogens (tertiary/aromatic N) is 2. The number of likely N-dealkylation sites (tertiary alicyclic amines) is 1. The molecule has 1 aliphatic heterocycles. The minimum Gasteiger partial charge on any atom is -0.497 e. The molecule has 1 aliphatic rings. The molecular weight excluding hydrogens is 410 g/mol. The van der Waals surface area contributed by atoms with E-state index in [4.69, 9.17) is 14.5 Å². The van der Waals surface area contributed by atoms with Gasteiger partial charge in [-0.15, -0.1) is 11.3 Å². The minimum absolute atomic E-state index is 0.0940. The number of benzene rings is 1. The molecule has 0 aliphatic carbocycles. The Morgan fingerprint density at radius 2 is 2.16 bits per heavy atom. The van der Waals surface area contributed by atoms with E-state index in [9.17, 15) is 4.79 Å². The third kappa shape index (κ3) is 6.94. The molecule has 0 saturated carbocycles. The van der Waals surface area contributed by atoms with E-state index in [1.165, 1.54) is 23.5 Å². The van der Waals surface area contributed by atoms with Crippen molar-refractivity contribution in [2.24, 2.45) is 5.92 Å². The molecule has 170 valence electrons. The highest BCUT2D eigenvalue weighted by atomic mass is 32.1. The summed E-state index contributed by atoms with van der Waals surface area (Å²) in [7, 11) is 3.26. The van der Waals surface area contributed by atoms with Gasteiger partial charge in [-0.2, -0.15) is 0 Å². The van der Waals surface area contributed by atoms with E-state index in [1.54, 1.807) is 25.6 Å². The number of hydrogen-bond donors (Lipinski definition) is 1. The number of amides is 1. The van der Waals surface area contributed by atoms with Gasteiger partial charge in [-0.1, -0.05) is 13.8 Å². The molecule has 1 saturated heterocycles. The maximum absolute atomic E-state index is 12.4. The summed E-state index contributed by atoms with van der Waals surface area (Å²) in [6.45, 7) is 7.94. The first-order valence-electron chi connectivity index (χ1n) is 11.1. The van der Waals surface area contributed by atoms with Gasteiger partial charge in [0.15, 0.2) is 0 Å². The van der Waals surface area contributed by atoms with Gasteiger partial charge >= 0.3 is 0 Å². The summed E-state index contributed by atoms with van der Waals surface area (Å²) in [6.07, 6.45) is 3.88. The van der Waals surface area contributed by atoms with E-state index in [-0.39, 0.29) is 5.91 Å². The highest BCUT2D eigenvalue weighted by Crippen LogP contribution is 2.26. The molecule has 1 amide bonds. The molecule has 31 heavy (non-hydrogen) atoms. The highest BCUT2D eigenvalue weighted by molar-refractivity contribution is 7.09. The normalized spacial score (nSPS) is 17.0. The van der Waals surface area contributed by atoms with E-state index in [0.717, 1.165) is 43.1 Å². The van der Waals surface area contributed by atoms with Crippen LogP contribution in [0.25, 0.3) is 0 Å². The van der Waals surface area contributed by atoms with Crippen LogP contribution in [0.15, 0.2) is 23.6 Å². The van der Waals surface area contributed by atoms with Gasteiger partial charge in [0.05, 0.1) is 26.5 Å². The van der Waals surface area contributed by atoms with Crippen LogP contribution in [0.2, 0.25) is 0 Å². The molecule has 1 aromatic heterocycles. The monoisotopic (exact) mass is 445 g/mol. The van der Waals surface area contributed by atoms with Gasteiger partial charge in [0.25, 0.3) is 0 Å². The number of rotatable bonds is 10. The fraction of sp³-hybridized carbons (Fsp3) is 0.583. The number of nitrogens with one attached hydrogen (secondary N) is 1. The quantitative estimate of drug-likeness (QED) is 0.579. The zero-order valence-corrected chi connectivity index (χ0v) is 20.0. The molecule has 0 spiro atoms. The zero-order valence-electron chi connectivity index (χ0n) is 19.1. The van der Waals surface area contributed by atoms with Crippen molar-refractivity contribution in [3.8, 4) is 11.5 Å². The van der Waals surface area contributed by atoms with Gasteiger partial charge in [-0.3, -0.25) is 9.69 Å². The van der Waals surface area contributed by atoms with Gasteiger partial charge < -0.3 is 14.8 Å².